The Morgan fingerprint density at radius 2 is 1.91 bits per heavy atom. The molecule has 11 heavy (non-hydrogen) atoms. The minimum atomic E-state index is 0.0778. The zero-order valence-corrected chi connectivity index (χ0v) is 8.03. The van der Waals surface area contributed by atoms with Gasteiger partial charge in [0.2, 0.25) is 0 Å². The Balaban J connectivity index is 2.89. The van der Waals surface area contributed by atoms with Gasteiger partial charge in [0, 0.05) is 5.41 Å². The Kier molecular flexibility index (Phi) is 2.13. The fourth-order valence-corrected chi connectivity index (χ4v) is 1.31. The highest BCUT2D eigenvalue weighted by atomic mass is 32.1. The zero-order valence-electron chi connectivity index (χ0n) is 7.21. The molecule has 0 bridgehead atoms. The third-order valence-electron chi connectivity index (χ3n) is 1.22. The SMILES string of the molecule is COc1nnc(C(C)(C)C)s1. The molecule has 0 spiro atoms. The molecule has 4 heteroatoms. The third-order valence-corrected chi connectivity index (χ3v) is 2.53. The van der Waals surface area contributed by atoms with Crippen LogP contribution in [-0.2, 0) is 5.41 Å². The van der Waals surface area contributed by atoms with Crippen molar-refractivity contribution in [1.29, 1.82) is 0 Å². The van der Waals surface area contributed by atoms with Gasteiger partial charge in [-0.1, -0.05) is 32.1 Å². The van der Waals surface area contributed by atoms with Crippen LogP contribution >= 0.6 is 11.3 Å². The molecule has 0 radical (unpaired) electrons. The van der Waals surface area contributed by atoms with Crippen molar-refractivity contribution in [2.45, 2.75) is 26.2 Å². The van der Waals surface area contributed by atoms with Gasteiger partial charge < -0.3 is 4.74 Å². The Morgan fingerprint density at radius 1 is 1.27 bits per heavy atom. The summed E-state index contributed by atoms with van der Waals surface area (Å²) < 4.78 is 4.93. The number of methoxy groups -OCH3 is 1. The van der Waals surface area contributed by atoms with E-state index in [1.54, 1.807) is 7.11 Å². The summed E-state index contributed by atoms with van der Waals surface area (Å²) in [5, 5.41) is 9.49. The first kappa shape index (κ1) is 8.46. The average molecular weight is 172 g/mol. The molecule has 0 aromatic carbocycles. The number of nitrogens with zero attached hydrogens (tertiary/aromatic N) is 2. The fraction of sp³-hybridized carbons (Fsp3) is 0.714. The molecule has 0 atom stereocenters. The minimum absolute atomic E-state index is 0.0778. The lowest BCUT2D eigenvalue weighted by atomic mass is 9.98. The molecule has 1 aromatic rings. The molecule has 3 nitrogen and oxygen atoms in total. The summed E-state index contributed by atoms with van der Waals surface area (Å²) in [6.45, 7) is 6.31. The molecule has 1 aromatic heterocycles. The van der Waals surface area contributed by atoms with Crippen LogP contribution in [0.15, 0.2) is 0 Å². The van der Waals surface area contributed by atoms with Gasteiger partial charge in [0.05, 0.1) is 7.11 Å². The first-order chi connectivity index (χ1) is 5.04. The molecule has 0 N–H and O–H groups in total. The van der Waals surface area contributed by atoms with Crippen LogP contribution in [0.4, 0.5) is 0 Å². The summed E-state index contributed by atoms with van der Waals surface area (Å²) in [6.07, 6.45) is 0. The van der Waals surface area contributed by atoms with Crippen molar-refractivity contribution in [3.05, 3.63) is 5.01 Å². The van der Waals surface area contributed by atoms with E-state index in [9.17, 15) is 0 Å². The molecule has 1 heterocycles. The van der Waals surface area contributed by atoms with Crippen molar-refractivity contribution in [2.24, 2.45) is 0 Å². The largest absolute Gasteiger partial charge is 0.472 e. The van der Waals surface area contributed by atoms with Gasteiger partial charge in [-0.2, -0.15) is 0 Å². The van der Waals surface area contributed by atoms with Gasteiger partial charge in [-0.05, 0) is 0 Å². The average Bonchev–Trinajstić information content (AvgIpc) is 2.32. The van der Waals surface area contributed by atoms with E-state index in [4.69, 9.17) is 4.74 Å². The highest BCUT2D eigenvalue weighted by Crippen LogP contribution is 2.28. The summed E-state index contributed by atoms with van der Waals surface area (Å²) in [5.41, 5.74) is 0.0778. The molecule has 62 valence electrons. The summed E-state index contributed by atoms with van der Waals surface area (Å²) >= 11 is 1.50. The van der Waals surface area contributed by atoms with E-state index in [0.717, 1.165) is 5.01 Å². The van der Waals surface area contributed by atoms with Crippen molar-refractivity contribution in [2.75, 3.05) is 7.11 Å². The second-order valence-corrected chi connectivity index (χ2v) is 4.27. The van der Waals surface area contributed by atoms with Gasteiger partial charge in [0.15, 0.2) is 0 Å². The zero-order chi connectivity index (χ0) is 8.48. The van der Waals surface area contributed by atoms with Crippen LogP contribution < -0.4 is 4.74 Å². The van der Waals surface area contributed by atoms with Gasteiger partial charge in [-0.3, -0.25) is 0 Å². The van der Waals surface area contributed by atoms with E-state index >= 15 is 0 Å². The van der Waals surface area contributed by atoms with Gasteiger partial charge in [-0.25, -0.2) is 0 Å². The number of hydrogen-bond donors (Lipinski definition) is 0. The van der Waals surface area contributed by atoms with Gasteiger partial charge in [-0.15, -0.1) is 10.2 Å². The van der Waals surface area contributed by atoms with Crippen LogP contribution in [0.2, 0.25) is 0 Å². The maximum atomic E-state index is 4.93. The Labute approximate surface area is 70.4 Å². The standard InChI is InChI=1S/C7H12N2OS/c1-7(2,3)5-8-9-6(10-4)11-5/h1-4H3. The predicted octanol–water partition coefficient (Wildman–Crippen LogP) is 1.84. The van der Waals surface area contributed by atoms with Gasteiger partial charge in [0.1, 0.15) is 5.01 Å². The van der Waals surface area contributed by atoms with Crippen LogP contribution in [0.5, 0.6) is 5.19 Å². The maximum absolute atomic E-state index is 4.93. The highest BCUT2D eigenvalue weighted by molar-refractivity contribution is 7.13. The van der Waals surface area contributed by atoms with Crippen LogP contribution in [0.3, 0.4) is 0 Å². The summed E-state index contributed by atoms with van der Waals surface area (Å²) in [6, 6.07) is 0. The van der Waals surface area contributed by atoms with Crippen molar-refractivity contribution >= 4 is 11.3 Å². The van der Waals surface area contributed by atoms with E-state index in [1.807, 2.05) is 0 Å². The molecule has 0 unspecified atom stereocenters. The van der Waals surface area contributed by atoms with Crippen molar-refractivity contribution < 1.29 is 4.74 Å². The van der Waals surface area contributed by atoms with Crippen LogP contribution in [-0.4, -0.2) is 17.3 Å². The second kappa shape index (κ2) is 2.77. The fourth-order valence-electron chi connectivity index (χ4n) is 0.595. The molecule has 1 rings (SSSR count). The summed E-state index contributed by atoms with van der Waals surface area (Å²) in [5.74, 6) is 0. The van der Waals surface area contributed by atoms with Gasteiger partial charge >= 0.3 is 0 Å². The highest BCUT2D eigenvalue weighted by Gasteiger charge is 2.19. The van der Waals surface area contributed by atoms with E-state index < -0.39 is 0 Å². The Hall–Kier alpha value is -0.640. The molecular formula is C7H12N2OS. The number of rotatable bonds is 1. The third kappa shape index (κ3) is 1.89. The second-order valence-electron chi connectivity index (χ2n) is 3.33. The monoisotopic (exact) mass is 172 g/mol. The van der Waals surface area contributed by atoms with Crippen LogP contribution in [0, 0.1) is 0 Å². The van der Waals surface area contributed by atoms with E-state index in [-0.39, 0.29) is 5.41 Å². The summed E-state index contributed by atoms with van der Waals surface area (Å²) in [4.78, 5) is 0. The number of hydrogen-bond acceptors (Lipinski definition) is 4. The molecule has 0 amide bonds. The molecule has 0 saturated carbocycles. The van der Waals surface area contributed by atoms with Crippen molar-refractivity contribution in [3.8, 4) is 5.19 Å². The first-order valence-electron chi connectivity index (χ1n) is 3.42. The molecule has 0 fully saturated rings. The Bertz CT molecular complexity index is 239. The molecule has 0 aliphatic rings. The van der Waals surface area contributed by atoms with Crippen LogP contribution in [0.1, 0.15) is 25.8 Å². The summed E-state index contributed by atoms with van der Waals surface area (Å²) in [7, 11) is 1.60. The van der Waals surface area contributed by atoms with Crippen molar-refractivity contribution in [3.63, 3.8) is 0 Å². The maximum Gasteiger partial charge on any atom is 0.293 e. The number of aromatic nitrogens is 2. The molecule has 0 aliphatic carbocycles. The lowest BCUT2D eigenvalue weighted by molar-refractivity contribution is 0.407. The smallest absolute Gasteiger partial charge is 0.293 e. The predicted molar refractivity (Wildman–Crippen MR) is 45.2 cm³/mol. The lowest BCUT2D eigenvalue weighted by Gasteiger charge is -2.11. The van der Waals surface area contributed by atoms with E-state index in [1.165, 1.54) is 11.3 Å². The van der Waals surface area contributed by atoms with E-state index in [0.29, 0.717) is 5.19 Å². The molecular weight excluding hydrogens is 160 g/mol. The minimum Gasteiger partial charge on any atom is -0.472 e. The topological polar surface area (TPSA) is 35.0 Å². The first-order valence-corrected chi connectivity index (χ1v) is 4.23. The van der Waals surface area contributed by atoms with Gasteiger partial charge in [0.25, 0.3) is 5.19 Å². The van der Waals surface area contributed by atoms with Crippen molar-refractivity contribution in [1.82, 2.24) is 10.2 Å². The van der Waals surface area contributed by atoms with E-state index in [2.05, 4.69) is 31.0 Å². The number of ether oxygens (including phenoxy) is 1. The Morgan fingerprint density at radius 3 is 2.18 bits per heavy atom. The normalized spacial score (nSPS) is 11.6. The van der Waals surface area contributed by atoms with Crippen LogP contribution in [0.25, 0.3) is 0 Å². The quantitative estimate of drug-likeness (QED) is 0.648. The molecule has 0 aliphatic heterocycles. The molecule has 0 saturated heterocycles. The lowest BCUT2D eigenvalue weighted by Crippen LogP contribution is -2.10.